The number of fused-ring (bicyclic) bond motifs is 1. The Morgan fingerprint density at radius 3 is 2.80 bits per heavy atom. The smallest absolute Gasteiger partial charge is 0.115 e. The van der Waals surface area contributed by atoms with Crippen molar-refractivity contribution in [2.75, 3.05) is 5.73 Å². The Bertz CT molecular complexity index is 447. The third-order valence-corrected chi connectivity index (χ3v) is 2.41. The molecule has 0 saturated carbocycles. The molecule has 0 saturated heterocycles. The van der Waals surface area contributed by atoms with Crippen molar-refractivity contribution in [3.05, 3.63) is 18.2 Å². The average molecular weight is 204 g/mol. The standard InChI is InChI=1S/C11H16N4/c1-2-3-4-7-15-13-10-6-5-9(12)8-11(10)14-15/h5-6,8H,2-4,7,12H2,1H3. The zero-order valence-electron chi connectivity index (χ0n) is 8.98. The molecule has 2 N–H and O–H groups in total. The number of nitrogens with two attached hydrogens (primary N) is 1. The molecular formula is C11H16N4. The normalized spacial score (nSPS) is 11.0. The van der Waals surface area contributed by atoms with Crippen molar-refractivity contribution in [1.82, 2.24) is 15.0 Å². The molecule has 0 atom stereocenters. The maximum atomic E-state index is 5.68. The predicted octanol–water partition coefficient (Wildman–Crippen LogP) is 2.20. The van der Waals surface area contributed by atoms with Crippen molar-refractivity contribution in [2.45, 2.75) is 32.7 Å². The Hall–Kier alpha value is -1.58. The third kappa shape index (κ3) is 2.26. The van der Waals surface area contributed by atoms with E-state index in [4.69, 9.17) is 5.73 Å². The van der Waals surface area contributed by atoms with Gasteiger partial charge in [0.25, 0.3) is 0 Å². The first-order valence-electron chi connectivity index (χ1n) is 5.40. The van der Waals surface area contributed by atoms with E-state index >= 15 is 0 Å². The number of benzene rings is 1. The van der Waals surface area contributed by atoms with Gasteiger partial charge in [-0.25, -0.2) is 0 Å². The molecule has 0 aliphatic heterocycles. The minimum Gasteiger partial charge on any atom is -0.399 e. The predicted molar refractivity (Wildman–Crippen MR) is 61.5 cm³/mol. The molecule has 0 aliphatic rings. The molecule has 1 heterocycles. The van der Waals surface area contributed by atoms with Gasteiger partial charge in [-0.1, -0.05) is 19.8 Å². The number of nitrogens with zero attached hydrogens (tertiary/aromatic N) is 3. The lowest BCUT2D eigenvalue weighted by Crippen LogP contribution is -2.01. The molecule has 0 spiro atoms. The molecule has 2 aromatic rings. The summed E-state index contributed by atoms with van der Waals surface area (Å²) in [7, 11) is 0. The summed E-state index contributed by atoms with van der Waals surface area (Å²) in [5.74, 6) is 0. The summed E-state index contributed by atoms with van der Waals surface area (Å²) in [6, 6.07) is 5.63. The van der Waals surface area contributed by atoms with E-state index in [0.717, 1.165) is 29.7 Å². The molecule has 0 bridgehead atoms. The molecule has 2 rings (SSSR count). The van der Waals surface area contributed by atoms with Gasteiger partial charge in [0.1, 0.15) is 11.0 Å². The van der Waals surface area contributed by atoms with Crippen LogP contribution in [-0.4, -0.2) is 15.0 Å². The first kappa shape index (κ1) is 9.96. The van der Waals surface area contributed by atoms with Gasteiger partial charge >= 0.3 is 0 Å². The van der Waals surface area contributed by atoms with Crippen molar-refractivity contribution < 1.29 is 0 Å². The number of hydrogen-bond donors (Lipinski definition) is 1. The van der Waals surface area contributed by atoms with Gasteiger partial charge in [0, 0.05) is 5.69 Å². The topological polar surface area (TPSA) is 56.7 Å². The zero-order valence-corrected chi connectivity index (χ0v) is 8.98. The highest BCUT2D eigenvalue weighted by atomic mass is 15.5. The first-order chi connectivity index (χ1) is 7.29. The quantitative estimate of drug-likeness (QED) is 0.613. The van der Waals surface area contributed by atoms with Crippen LogP contribution in [0.25, 0.3) is 11.0 Å². The highest BCUT2D eigenvalue weighted by Gasteiger charge is 2.01. The Morgan fingerprint density at radius 1 is 1.20 bits per heavy atom. The molecule has 0 aliphatic carbocycles. The molecular weight excluding hydrogens is 188 g/mol. The highest BCUT2D eigenvalue weighted by molar-refractivity contribution is 5.77. The van der Waals surface area contributed by atoms with Gasteiger partial charge in [-0.05, 0) is 24.6 Å². The van der Waals surface area contributed by atoms with E-state index in [2.05, 4.69) is 17.1 Å². The van der Waals surface area contributed by atoms with Crippen molar-refractivity contribution >= 4 is 16.7 Å². The van der Waals surface area contributed by atoms with Crippen LogP contribution in [0.15, 0.2) is 18.2 Å². The van der Waals surface area contributed by atoms with Crippen molar-refractivity contribution in [3.8, 4) is 0 Å². The van der Waals surface area contributed by atoms with Crippen molar-refractivity contribution in [3.63, 3.8) is 0 Å². The number of unbranched alkanes of at least 4 members (excludes halogenated alkanes) is 2. The third-order valence-electron chi connectivity index (χ3n) is 2.41. The molecule has 0 amide bonds. The van der Waals surface area contributed by atoms with Gasteiger partial charge in [0.15, 0.2) is 0 Å². The zero-order chi connectivity index (χ0) is 10.7. The average Bonchev–Trinajstić information content (AvgIpc) is 2.60. The Kier molecular flexibility index (Phi) is 2.85. The molecule has 4 nitrogen and oxygen atoms in total. The Labute approximate surface area is 89.1 Å². The number of rotatable bonds is 4. The van der Waals surface area contributed by atoms with Crippen molar-refractivity contribution in [2.24, 2.45) is 0 Å². The lowest BCUT2D eigenvalue weighted by Gasteiger charge is -1.96. The lowest BCUT2D eigenvalue weighted by molar-refractivity contribution is 0.502. The van der Waals surface area contributed by atoms with Crippen LogP contribution in [0, 0.1) is 0 Å². The second-order valence-corrected chi connectivity index (χ2v) is 3.75. The minimum absolute atomic E-state index is 0.739. The molecule has 4 heteroatoms. The lowest BCUT2D eigenvalue weighted by atomic mass is 10.2. The summed E-state index contributed by atoms with van der Waals surface area (Å²) in [5, 5.41) is 8.75. The Balaban J connectivity index is 2.16. The van der Waals surface area contributed by atoms with Gasteiger partial charge < -0.3 is 5.73 Å². The summed E-state index contributed by atoms with van der Waals surface area (Å²) in [5.41, 5.74) is 8.22. The minimum atomic E-state index is 0.739. The molecule has 1 aromatic carbocycles. The van der Waals surface area contributed by atoms with Crippen LogP contribution >= 0.6 is 0 Å². The van der Waals surface area contributed by atoms with Gasteiger partial charge in [0.2, 0.25) is 0 Å². The monoisotopic (exact) mass is 204 g/mol. The van der Waals surface area contributed by atoms with E-state index in [1.807, 2.05) is 18.2 Å². The SMILES string of the molecule is CCCCCn1nc2ccc(N)cc2n1. The van der Waals surface area contributed by atoms with Gasteiger partial charge in [0.05, 0.1) is 6.54 Å². The van der Waals surface area contributed by atoms with Crippen LogP contribution in [0.4, 0.5) is 5.69 Å². The van der Waals surface area contributed by atoms with E-state index in [9.17, 15) is 0 Å². The van der Waals surface area contributed by atoms with E-state index in [1.165, 1.54) is 12.8 Å². The molecule has 0 radical (unpaired) electrons. The maximum absolute atomic E-state index is 5.68. The summed E-state index contributed by atoms with van der Waals surface area (Å²) in [6.07, 6.45) is 3.57. The van der Waals surface area contributed by atoms with E-state index in [0.29, 0.717) is 0 Å². The number of hydrogen-bond acceptors (Lipinski definition) is 3. The van der Waals surface area contributed by atoms with Crippen molar-refractivity contribution in [1.29, 1.82) is 0 Å². The van der Waals surface area contributed by atoms with Gasteiger partial charge in [-0.3, -0.25) is 0 Å². The maximum Gasteiger partial charge on any atom is 0.115 e. The van der Waals surface area contributed by atoms with Crippen LogP contribution in [0.1, 0.15) is 26.2 Å². The van der Waals surface area contributed by atoms with Crippen LogP contribution < -0.4 is 5.73 Å². The highest BCUT2D eigenvalue weighted by Crippen LogP contribution is 2.13. The summed E-state index contributed by atoms with van der Waals surface area (Å²) in [4.78, 5) is 1.76. The second-order valence-electron chi connectivity index (χ2n) is 3.75. The number of aryl methyl sites for hydroxylation is 1. The van der Waals surface area contributed by atoms with Gasteiger partial charge in [-0.15, -0.1) is 0 Å². The first-order valence-corrected chi connectivity index (χ1v) is 5.40. The summed E-state index contributed by atoms with van der Waals surface area (Å²) < 4.78 is 0. The van der Waals surface area contributed by atoms with Gasteiger partial charge in [-0.2, -0.15) is 15.0 Å². The molecule has 15 heavy (non-hydrogen) atoms. The van der Waals surface area contributed by atoms with E-state index < -0.39 is 0 Å². The second kappa shape index (κ2) is 4.29. The molecule has 1 aromatic heterocycles. The van der Waals surface area contributed by atoms with E-state index in [-0.39, 0.29) is 0 Å². The molecule has 80 valence electrons. The van der Waals surface area contributed by atoms with Crippen LogP contribution in [0.5, 0.6) is 0 Å². The number of nitrogen functional groups attached to an aromatic ring is 1. The number of aromatic nitrogens is 3. The summed E-state index contributed by atoms with van der Waals surface area (Å²) >= 11 is 0. The fourth-order valence-corrected chi connectivity index (χ4v) is 1.58. The fraction of sp³-hybridized carbons (Fsp3) is 0.455. The molecule has 0 unspecified atom stereocenters. The van der Waals surface area contributed by atoms with Crippen LogP contribution in [-0.2, 0) is 6.54 Å². The fourth-order valence-electron chi connectivity index (χ4n) is 1.58. The number of anilines is 1. The molecule has 0 fully saturated rings. The Morgan fingerprint density at radius 2 is 2.00 bits per heavy atom. The summed E-state index contributed by atoms with van der Waals surface area (Å²) in [6.45, 7) is 3.08. The van der Waals surface area contributed by atoms with Crippen LogP contribution in [0.2, 0.25) is 0 Å². The largest absolute Gasteiger partial charge is 0.399 e. The van der Waals surface area contributed by atoms with E-state index in [1.54, 1.807) is 4.80 Å². The van der Waals surface area contributed by atoms with Crippen LogP contribution in [0.3, 0.4) is 0 Å².